The number of halogens is 1. The van der Waals surface area contributed by atoms with Crippen LogP contribution in [0.2, 0.25) is 13.1 Å². The molecule has 1 aromatic carbocycles. The van der Waals surface area contributed by atoms with E-state index in [9.17, 15) is 4.11 Å². The van der Waals surface area contributed by atoms with Gasteiger partial charge in [-0.3, -0.25) is 0 Å². The van der Waals surface area contributed by atoms with Crippen LogP contribution >= 0.6 is 0 Å². The predicted molar refractivity (Wildman–Crippen MR) is 106 cm³/mol. The van der Waals surface area contributed by atoms with Gasteiger partial charge in [0, 0.05) is 45.7 Å². The molecule has 0 aliphatic rings. The minimum Gasteiger partial charge on any atom is -0.396 e. The minimum absolute atomic E-state index is 0. The molecule has 3 nitrogen and oxygen atoms in total. The number of aliphatic hydroxyl groups is 3. The van der Waals surface area contributed by atoms with Crippen LogP contribution < -0.4 is 5.19 Å². The van der Waals surface area contributed by atoms with E-state index >= 15 is 0 Å². The van der Waals surface area contributed by atoms with Gasteiger partial charge in [0.25, 0.3) is 0 Å². The number of aliphatic hydroxyl groups excluding tert-OH is 3. The average molecular weight is 542 g/mol. The Balaban J connectivity index is -0.000000122. The molecule has 0 aliphatic carbocycles. The van der Waals surface area contributed by atoms with E-state index in [-0.39, 0.29) is 25.8 Å². The normalized spacial score (nSPS) is 9.32. The van der Waals surface area contributed by atoms with Gasteiger partial charge in [-0.15, -0.1) is 5.19 Å². The molecule has 25 heavy (non-hydrogen) atoms. The third kappa shape index (κ3) is 32.4. The Morgan fingerprint density at radius 2 is 1.04 bits per heavy atom. The summed E-state index contributed by atoms with van der Waals surface area (Å²) < 4.78 is 13.1. The van der Waals surface area contributed by atoms with Crippen molar-refractivity contribution in [3.8, 4) is 0 Å². The number of rotatable bonds is 7. The molecule has 0 heterocycles. The maximum absolute atomic E-state index is 13.1. The van der Waals surface area contributed by atoms with E-state index in [4.69, 9.17) is 15.3 Å². The molecule has 0 fully saturated rings. The Bertz CT molecular complexity index is 284. The van der Waals surface area contributed by atoms with Crippen molar-refractivity contribution in [1.29, 1.82) is 0 Å². The summed E-state index contributed by atoms with van der Waals surface area (Å²) >= 11 is 0. The Kier molecular flexibility index (Phi) is 34.8. The fourth-order valence-corrected chi connectivity index (χ4v) is 2.23. The van der Waals surface area contributed by atoms with Crippen LogP contribution in [0.15, 0.2) is 24.3 Å². The Morgan fingerprint density at radius 3 is 1.12 bits per heavy atom. The van der Waals surface area contributed by atoms with Crippen LogP contribution in [-0.2, 0) is 25.8 Å². The number of hydrogen-bond donors (Lipinski definition) is 3. The van der Waals surface area contributed by atoms with Crippen molar-refractivity contribution >= 4 is 13.6 Å². The van der Waals surface area contributed by atoms with Crippen molar-refractivity contribution in [3.05, 3.63) is 24.3 Å². The molecule has 0 saturated carbocycles. The molecule has 0 spiro atoms. The second kappa shape index (κ2) is 26.5. The standard InChI is InChI=1S/C7H10FSi.3C4H10O.Hf/c1-9(2,8)7-5-3-4-6-7;3*1-2-3-4-5;/h3-6H,1-2H3;3*5H,2-4H2,1H3;/q-1;;;;. The van der Waals surface area contributed by atoms with Gasteiger partial charge in [-0.25, -0.2) is 12.1 Å². The van der Waals surface area contributed by atoms with E-state index < -0.39 is 8.41 Å². The molecule has 6 heteroatoms. The molecule has 1 rings (SSSR count). The van der Waals surface area contributed by atoms with E-state index in [1.165, 1.54) is 0 Å². The van der Waals surface area contributed by atoms with Crippen molar-refractivity contribution < 1.29 is 45.3 Å². The van der Waals surface area contributed by atoms with E-state index in [0.29, 0.717) is 19.8 Å². The summed E-state index contributed by atoms with van der Waals surface area (Å²) in [5.74, 6) is 0. The van der Waals surface area contributed by atoms with Gasteiger partial charge in [0.2, 0.25) is 8.41 Å². The number of unbranched alkanes of at least 4 members (excludes halogenated alkanes) is 3. The second-order valence-corrected chi connectivity index (χ2v) is 9.40. The summed E-state index contributed by atoms with van der Waals surface area (Å²) in [6, 6.07) is 7.46. The van der Waals surface area contributed by atoms with Crippen molar-refractivity contribution in [2.45, 2.75) is 72.4 Å². The summed E-state index contributed by atoms with van der Waals surface area (Å²) in [6.45, 7) is 10.6. The van der Waals surface area contributed by atoms with E-state index in [1.54, 1.807) is 13.1 Å². The molecular formula is C19H40FHfO3Si-. The van der Waals surface area contributed by atoms with Crippen LogP contribution in [0.25, 0.3) is 0 Å². The van der Waals surface area contributed by atoms with Gasteiger partial charge in [-0.05, 0) is 32.4 Å². The maximum Gasteiger partial charge on any atom is 0.214 e. The van der Waals surface area contributed by atoms with Gasteiger partial charge in [-0.2, -0.15) is 12.1 Å². The third-order valence-electron chi connectivity index (χ3n) is 2.88. The van der Waals surface area contributed by atoms with Crippen LogP contribution in [0.5, 0.6) is 0 Å². The van der Waals surface area contributed by atoms with Crippen molar-refractivity contribution in [3.63, 3.8) is 0 Å². The average Bonchev–Trinajstić information content (AvgIpc) is 3.06. The Hall–Kier alpha value is 0.247. The monoisotopic (exact) mass is 543 g/mol. The first-order valence-electron chi connectivity index (χ1n) is 9.09. The molecule has 0 unspecified atom stereocenters. The first-order valence-corrected chi connectivity index (χ1v) is 12.0. The zero-order chi connectivity index (χ0) is 19.3. The maximum atomic E-state index is 13.1. The van der Waals surface area contributed by atoms with Crippen LogP contribution in [0.4, 0.5) is 4.11 Å². The van der Waals surface area contributed by atoms with Gasteiger partial charge < -0.3 is 19.4 Å². The largest absolute Gasteiger partial charge is 0.396 e. The Labute approximate surface area is 175 Å². The summed E-state index contributed by atoms with van der Waals surface area (Å²) in [5, 5.41) is 25.1. The Morgan fingerprint density at radius 1 is 0.760 bits per heavy atom. The SMILES string of the molecule is CCCCO.CCCCO.CCCCO.C[Si](C)(F)[c-]1cccc1.[Hf]. The van der Waals surface area contributed by atoms with Gasteiger partial charge >= 0.3 is 0 Å². The molecule has 3 N–H and O–H groups in total. The van der Waals surface area contributed by atoms with Crippen LogP contribution in [0.3, 0.4) is 0 Å². The number of hydrogen-bond acceptors (Lipinski definition) is 3. The molecule has 0 atom stereocenters. The van der Waals surface area contributed by atoms with Crippen LogP contribution in [-0.4, -0.2) is 43.5 Å². The first kappa shape index (κ1) is 32.9. The zero-order valence-corrected chi connectivity index (χ0v) is 21.5. The van der Waals surface area contributed by atoms with Crippen molar-refractivity contribution in [2.75, 3.05) is 19.8 Å². The molecular weight excluding hydrogens is 502 g/mol. The third-order valence-corrected chi connectivity index (χ3v) is 4.59. The van der Waals surface area contributed by atoms with Crippen LogP contribution in [0, 0.1) is 0 Å². The van der Waals surface area contributed by atoms with Crippen LogP contribution in [0.1, 0.15) is 59.3 Å². The molecule has 0 bridgehead atoms. The molecule has 0 saturated heterocycles. The van der Waals surface area contributed by atoms with Gasteiger partial charge in [0.1, 0.15) is 0 Å². The van der Waals surface area contributed by atoms with Crippen molar-refractivity contribution in [2.24, 2.45) is 0 Å². The van der Waals surface area contributed by atoms with E-state index in [1.807, 2.05) is 24.3 Å². The smallest absolute Gasteiger partial charge is 0.214 e. The second-order valence-electron chi connectivity index (χ2n) is 5.88. The first-order chi connectivity index (χ1) is 11.3. The molecule has 0 aliphatic heterocycles. The quantitative estimate of drug-likeness (QED) is 0.276. The van der Waals surface area contributed by atoms with E-state index in [2.05, 4.69) is 20.8 Å². The van der Waals surface area contributed by atoms with Gasteiger partial charge in [-0.1, -0.05) is 40.0 Å². The molecule has 0 radical (unpaired) electrons. The summed E-state index contributed by atoms with van der Waals surface area (Å²) in [5.41, 5.74) is 0. The molecule has 0 aromatic heterocycles. The minimum atomic E-state index is -2.48. The summed E-state index contributed by atoms with van der Waals surface area (Å²) in [7, 11) is -2.48. The fourth-order valence-electron chi connectivity index (χ4n) is 1.24. The molecule has 1 aromatic rings. The summed E-state index contributed by atoms with van der Waals surface area (Å²) in [6.07, 6.45) is 6.11. The van der Waals surface area contributed by atoms with Crippen molar-refractivity contribution in [1.82, 2.24) is 0 Å². The summed E-state index contributed by atoms with van der Waals surface area (Å²) in [4.78, 5) is 0. The fraction of sp³-hybridized carbons (Fsp3) is 0.737. The predicted octanol–water partition coefficient (Wildman–Crippen LogP) is 4.12. The van der Waals surface area contributed by atoms with Gasteiger partial charge in [0.05, 0.1) is 0 Å². The molecule has 0 amide bonds. The topological polar surface area (TPSA) is 60.7 Å². The molecule has 150 valence electrons. The van der Waals surface area contributed by atoms with E-state index in [0.717, 1.165) is 43.7 Å². The zero-order valence-electron chi connectivity index (χ0n) is 16.9. The van der Waals surface area contributed by atoms with Gasteiger partial charge in [0.15, 0.2) is 0 Å².